The largest absolute Gasteiger partial charge is 0.458 e. The molecule has 26 heavy (non-hydrogen) atoms. The van der Waals surface area contributed by atoms with E-state index >= 15 is 0 Å². The van der Waals surface area contributed by atoms with Crippen LogP contribution in [0.2, 0.25) is 0 Å². The average Bonchev–Trinajstić information content (AvgIpc) is 3.35. The van der Waals surface area contributed by atoms with Gasteiger partial charge in [0.05, 0.1) is 5.56 Å². The Morgan fingerprint density at radius 3 is 2.65 bits per heavy atom. The van der Waals surface area contributed by atoms with Gasteiger partial charge in [0.2, 0.25) is 0 Å². The molecule has 0 saturated heterocycles. The highest BCUT2D eigenvalue weighted by atomic mass is 16.5. The van der Waals surface area contributed by atoms with E-state index in [4.69, 9.17) is 4.74 Å². The van der Waals surface area contributed by atoms with E-state index in [9.17, 15) is 4.79 Å². The number of carbonyl (C=O) groups is 1. The molecule has 0 N–H and O–H groups in total. The number of hydrogen-bond acceptors (Lipinski definition) is 2. The van der Waals surface area contributed by atoms with Gasteiger partial charge in [0.1, 0.15) is 6.10 Å². The van der Waals surface area contributed by atoms with Crippen molar-refractivity contribution in [2.45, 2.75) is 59.5 Å². The number of ether oxygens (including phenoxy) is 1. The fourth-order valence-electron chi connectivity index (χ4n) is 6.19. The van der Waals surface area contributed by atoms with Crippen LogP contribution in [0.5, 0.6) is 0 Å². The van der Waals surface area contributed by atoms with Gasteiger partial charge < -0.3 is 4.74 Å². The first-order valence-electron chi connectivity index (χ1n) is 10.3. The Labute approximate surface area is 158 Å². The standard InChI is InChI=1S/C24H32O2/c1-5-15(2)19-13-18-16(3)11-12-21(22(18)20-14-24(19,20)4)26-23(25)17-9-7-6-8-10-17/h5-10,16,18-22H,11-14H2,1-4H3/b15-5+/t16-,18+,19+,20+,21-,22-,24-/m0/s1. The highest BCUT2D eigenvalue weighted by Gasteiger charge is 2.66. The van der Waals surface area contributed by atoms with Crippen molar-refractivity contribution in [3.05, 3.63) is 47.5 Å². The predicted octanol–water partition coefficient (Wildman–Crippen LogP) is 5.89. The second kappa shape index (κ2) is 6.55. The zero-order valence-corrected chi connectivity index (χ0v) is 16.6. The van der Waals surface area contributed by atoms with Gasteiger partial charge in [0.15, 0.2) is 0 Å². The van der Waals surface area contributed by atoms with Crippen molar-refractivity contribution in [2.24, 2.45) is 35.0 Å². The van der Waals surface area contributed by atoms with Crippen LogP contribution < -0.4 is 0 Å². The average molecular weight is 353 g/mol. The van der Waals surface area contributed by atoms with Crippen LogP contribution >= 0.6 is 0 Å². The number of carbonyl (C=O) groups excluding carboxylic acids is 1. The third-order valence-corrected chi connectivity index (χ3v) is 7.95. The molecule has 0 aromatic heterocycles. The molecule has 7 atom stereocenters. The molecular formula is C24H32O2. The molecule has 1 aromatic rings. The van der Waals surface area contributed by atoms with Crippen LogP contribution in [0.1, 0.15) is 63.7 Å². The number of allylic oxidation sites excluding steroid dienone is 2. The Hall–Kier alpha value is -1.57. The van der Waals surface area contributed by atoms with Crippen LogP contribution in [0.3, 0.4) is 0 Å². The summed E-state index contributed by atoms with van der Waals surface area (Å²) in [5.41, 5.74) is 2.66. The van der Waals surface area contributed by atoms with Crippen LogP contribution in [-0.2, 0) is 4.74 Å². The minimum absolute atomic E-state index is 0.0996. The van der Waals surface area contributed by atoms with Crippen molar-refractivity contribution in [2.75, 3.05) is 0 Å². The summed E-state index contributed by atoms with van der Waals surface area (Å²) in [7, 11) is 0. The molecule has 3 fully saturated rings. The van der Waals surface area contributed by atoms with Gasteiger partial charge in [0, 0.05) is 5.92 Å². The Morgan fingerprint density at radius 2 is 1.96 bits per heavy atom. The van der Waals surface area contributed by atoms with Crippen molar-refractivity contribution >= 4 is 5.97 Å². The first-order chi connectivity index (χ1) is 12.5. The SMILES string of the molecule is C/C=C(\C)[C@H]1C[C@H]2[C@H]([C@@H](OC(=O)c3ccccc3)CC[C@@H]2C)[C@H]2C[C@@]12C. The van der Waals surface area contributed by atoms with Crippen molar-refractivity contribution in [3.63, 3.8) is 0 Å². The van der Waals surface area contributed by atoms with E-state index in [1.54, 1.807) is 5.57 Å². The molecule has 3 saturated carbocycles. The molecule has 2 nitrogen and oxygen atoms in total. The Balaban J connectivity index is 1.56. The van der Waals surface area contributed by atoms with Crippen LogP contribution in [0, 0.1) is 35.0 Å². The van der Waals surface area contributed by atoms with Crippen LogP contribution in [-0.4, -0.2) is 12.1 Å². The van der Waals surface area contributed by atoms with E-state index in [2.05, 4.69) is 33.8 Å². The zero-order valence-electron chi connectivity index (χ0n) is 16.6. The van der Waals surface area contributed by atoms with Crippen molar-refractivity contribution in [1.82, 2.24) is 0 Å². The van der Waals surface area contributed by atoms with Gasteiger partial charge in [-0.05, 0) is 80.8 Å². The summed E-state index contributed by atoms with van der Waals surface area (Å²) >= 11 is 0. The maximum Gasteiger partial charge on any atom is 0.338 e. The Morgan fingerprint density at radius 1 is 1.23 bits per heavy atom. The first kappa shape index (κ1) is 17.8. The maximum atomic E-state index is 12.7. The second-order valence-corrected chi connectivity index (χ2v) is 9.24. The van der Waals surface area contributed by atoms with Crippen LogP contribution in [0.4, 0.5) is 0 Å². The van der Waals surface area contributed by atoms with E-state index in [0.29, 0.717) is 28.7 Å². The minimum atomic E-state index is -0.141. The number of benzene rings is 1. The maximum absolute atomic E-state index is 12.7. The molecule has 4 rings (SSSR count). The van der Waals surface area contributed by atoms with Gasteiger partial charge in [0.25, 0.3) is 0 Å². The first-order valence-corrected chi connectivity index (χ1v) is 10.3. The molecule has 2 heteroatoms. The number of fused-ring (bicyclic) bond motifs is 3. The number of rotatable bonds is 3. The molecule has 0 heterocycles. The molecule has 0 amide bonds. The summed E-state index contributed by atoms with van der Waals surface area (Å²) in [5, 5.41) is 0. The molecule has 1 aromatic carbocycles. The molecule has 140 valence electrons. The topological polar surface area (TPSA) is 26.3 Å². The lowest BCUT2D eigenvalue weighted by Gasteiger charge is -2.48. The smallest absolute Gasteiger partial charge is 0.338 e. The molecule has 3 aliphatic carbocycles. The monoisotopic (exact) mass is 352 g/mol. The summed E-state index contributed by atoms with van der Waals surface area (Å²) < 4.78 is 6.11. The van der Waals surface area contributed by atoms with Gasteiger partial charge in [-0.25, -0.2) is 4.79 Å². The van der Waals surface area contributed by atoms with E-state index in [1.807, 2.05) is 30.3 Å². The van der Waals surface area contributed by atoms with Gasteiger partial charge in [-0.3, -0.25) is 0 Å². The number of esters is 1. The van der Waals surface area contributed by atoms with Crippen LogP contribution in [0.25, 0.3) is 0 Å². The van der Waals surface area contributed by atoms with Crippen LogP contribution in [0.15, 0.2) is 42.0 Å². The summed E-state index contributed by atoms with van der Waals surface area (Å²) in [6.07, 6.45) is 7.19. The Bertz CT molecular complexity index is 706. The van der Waals surface area contributed by atoms with Crippen molar-refractivity contribution < 1.29 is 9.53 Å². The minimum Gasteiger partial charge on any atom is -0.458 e. The summed E-state index contributed by atoms with van der Waals surface area (Å²) in [5.74, 6) is 3.28. The fourth-order valence-corrected chi connectivity index (χ4v) is 6.19. The lowest BCUT2D eigenvalue weighted by Crippen LogP contribution is -2.46. The molecule has 0 spiro atoms. The van der Waals surface area contributed by atoms with Gasteiger partial charge in [-0.2, -0.15) is 0 Å². The zero-order chi connectivity index (χ0) is 18.5. The summed E-state index contributed by atoms with van der Waals surface area (Å²) in [6, 6.07) is 9.48. The van der Waals surface area contributed by atoms with Gasteiger partial charge >= 0.3 is 5.97 Å². The molecular weight excluding hydrogens is 320 g/mol. The quantitative estimate of drug-likeness (QED) is 0.501. The predicted molar refractivity (Wildman–Crippen MR) is 105 cm³/mol. The lowest BCUT2D eigenvalue weighted by molar-refractivity contribution is -0.0601. The summed E-state index contributed by atoms with van der Waals surface area (Å²) in [4.78, 5) is 12.7. The van der Waals surface area contributed by atoms with E-state index in [0.717, 1.165) is 18.3 Å². The van der Waals surface area contributed by atoms with Gasteiger partial charge in [-0.15, -0.1) is 0 Å². The lowest BCUT2D eigenvalue weighted by atomic mass is 9.58. The molecule has 3 aliphatic rings. The third kappa shape index (κ3) is 2.82. The highest BCUT2D eigenvalue weighted by Crippen LogP contribution is 2.71. The molecule has 0 bridgehead atoms. The highest BCUT2D eigenvalue weighted by molar-refractivity contribution is 5.89. The van der Waals surface area contributed by atoms with E-state index < -0.39 is 0 Å². The third-order valence-electron chi connectivity index (χ3n) is 7.95. The van der Waals surface area contributed by atoms with Crippen molar-refractivity contribution in [3.8, 4) is 0 Å². The van der Waals surface area contributed by atoms with E-state index in [1.165, 1.54) is 19.3 Å². The normalized spacial score (nSPS) is 41.8. The number of hydrogen-bond donors (Lipinski definition) is 0. The second-order valence-electron chi connectivity index (χ2n) is 9.24. The molecule has 0 radical (unpaired) electrons. The Kier molecular flexibility index (Phi) is 4.49. The summed E-state index contributed by atoms with van der Waals surface area (Å²) in [6.45, 7) is 9.38. The van der Waals surface area contributed by atoms with Crippen molar-refractivity contribution in [1.29, 1.82) is 0 Å². The van der Waals surface area contributed by atoms with Gasteiger partial charge in [-0.1, -0.05) is 43.7 Å². The fraction of sp³-hybridized carbons (Fsp3) is 0.625. The van der Waals surface area contributed by atoms with E-state index in [-0.39, 0.29) is 12.1 Å². The molecule has 0 aliphatic heterocycles. The molecule has 0 unspecified atom stereocenters.